The van der Waals surface area contributed by atoms with Crippen molar-refractivity contribution in [2.45, 2.75) is 6.92 Å². The molecule has 0 bridgehead atoms. The summed E-state index contributed by atoms with van der Waals surface area (Å²) in [5.41, 5.74) is 4.42. The summed E-state index contributed by atoms with van der Waals surface area (Å²) >= 11 is 0. The van der Waals surface area contributed by atoms with Crippen LogP contribution in [0.25, 0.3) is 0 Å². The van der Waals surface area contributed by atoms with Crippen molar-refractivity contribution < 1.29 is 14.6 Å². The molecule has 4 aromatic carbocycles. The monoisotopic (exact) mass is 498 g/mol. The highest BCUT2D eigenvalue weighted by molar-refractivity contribution is 7.10. The minimum Gasteiger partial charge on any atom is -0.477 e. The first-order valence-corrected chi connectivity index (χ1v) is 12.6. The zero-order chi connectivity index (χ0) is 26.3. The van der Waals surface area contributed by atoms with Crippen LogP contribution in [0.15, 0.2) is 144 Å². The predicted octanol–water partition coefficient (Wildman–Crippen LogP) is 5.05. The normalized spacial score (nSPS) is 14.2. The Morgan fingerprint density at radius 2 is 1.39 bits per heavy atom. The maximum absolute atomic E-state index is 12.5. The van der Waals surface area contributed by atoms with E-state index in [2.05, 4.69) is 0 Å². The molecule has 38 heavy (non-hydrogen) atoms. The number of benzene rings is 4. The Balaban J connectivity index is 1.64. The van der Waals surface area contributed by atoms with Crippen LogP contribution < -0.4 is 20.6 Å². The molecule has 0 saturated heterocycles. The van der Waals surface area contributed by atoms with Crippen molar-refractivity contribution in [1.29, 1.82) is 0 Å². The van der Waals surface area contributed by atoms with Crippen LogP contribution in [0, 0.1) is 0 Å². The standard InChI is InChI=1S/C32H27BN2O3/c1-2-35-28-20-12-13-21-29(28)38-30(35)23-22-27(32(36)37)34-31(24-14-6-3-7-15-24)33(25-16-8-4-9-17-25)26-18-10-5-11-19-26/h3-23H,2H2,1H3,(H,36,37)/b27-22-,30-23-,34-31+. The van der Waals surface area contributed by atoms with Gasteiger partial charge < -0.3 is 14.7 Å². The van der Waals surface area contributed by atoms with Gasteiger partial charge in [-0.1, -0.05) is 114 Å². The first-order chi connectivity index (χ1) is 18.7. The number of rotatable bonds is 8. The molecule has 6 heteroatoms. The molecular weight excluding hydrogens is 471 g/mol. The summed E-state index contributed by atoms with van der Waals surface area (Å²) in [4.78, 5) is 19.3. The van der Waals surface area contributed by atoms with Crippen LogP contribution in [0.5, 0.6) is 5.75 Å². The lowest BCUT2D eigenvalue weighted by Gasteiger charge is -2.18. The Kier molecular flexibility index (Phi) is 7.51. The fourth-order valence-corrected chi connectivity index (χ4v) is 4.64. The summed E-state index contributed by atoms with van der Waals surface area (Å²) in [5.74, 6) is 0.188. The molecule has 4 aromatic rings. The minimum atomic E-state index is -1.12. The number of aliphatic carboxylic acids is 1. The quantitative estimate of drug-likeness (QED) is 0.210. The predicted molar refractivity (Wildman–Crippen MR) is 155 cm³/mol. The van der Waals surface area contributed by atoms with Crippen molar-refractivity contribution in [3.05, 3.63) is 145 Å². The third-order valence-electron chi connectivity index (χ3n) is 6.41. The lowest BCUT2D eigenvalue weighted by atomic mass is 9.36. The Labute approximate surface area is 223 Å². The third kappa shape index (κ3) is 5.30. The number of hydrogen-bond acceptors (Lipinski definition) is 4. The maximum atomic E-state index is 12.5. The highest BCUT2D eigenvalue weighted by Gasteiger charge is 2.28. The van der Waals surface area contributed by atoms with Crippen LogP contribution >= 0.6 is 0 Å². The van der Waals surface area contributed by atoms with Gasteiger partial charge in [0.05, 0.1) is 5.69 Å². The van der Waals surface area contributed by atoms with Gasteiger partial charge in [-0.3, -0.25) is 4.99 Å². The number of nitrogens with zero attached hydrogens (tertiary/aromatic N) is 2. The van der Waals surface area contributed by atoms with Crippen LogP contribution in [0.3, 0.4) is 0 Å². The molecule has 0 unspecified atom stereocenters. The van der Waals surface area contributed by atoms with Crippen LogP contribution in [0.2, 0.25) is 0 Å². The first kappa shape index (κ1) is 24.8. The van der Waals surface area contributed by atoms with E-state index < -0.39 is 5.97 Å². The lowest BCUT2D eigenvalue weighted by molar-refractivity contribution is -0.132. The Morgan fingerprint density at radius 3 is 1.97 bits per heavy atom. The molecule has 1 aliphatic heterocycles. The van der Waals surface area contributed by atoms with Gasteiger partial charge in [-0.25, -0.2) is 4.79 Å². The van der Waals surface area contributed by atoms with E-state index in [4.69, 9.17) is 9.73 Å². The number of fused-ring (bicyclic) bond motifs is 1. The summed E-state index contributed by atoms with van der Waals surface area (Å²) in [6, 6.07) is 37.6. The molecule has 0 aromatic heterocycles. The molecule has 1 heterocycles. The average Bonchev–Trinajstić information content (AvgIpc) is 3.33. The molecule has 5 nitrogen and oxygen atoms in total. The zero-order valence-corrected chi connectivity index (χ0v) is 21.1. The summed E-state index contributed by atoms with van der Waals surface area (Å²) in [6.45, 7) is 2.44. The molecule has 0 radical (unpaired) electrons. The van der Waals surface area contributed by atoms with E-state index in [-0.39, 0.29) is 12.4 Å². The summed E-state index contributed by atoms with van der Waals surface area (Å²) < 4.78 is 6.02. The van der Waals surface area contributed by atoms with Gasteiger partial charge in [-0.15, -0.1) is 0 Å². The number of carbonyl (C=O) groups is 1. The van der Waals surface area contributed by atoms with E-state index in [1.54, 1.807) is 6.08 Å². The van der Waals surface area contributed by atoms with Gasteiger partial charge in [0.1, 0.15) is 5.70 Å². The van der Waals surface area contributed by atoms with Gasteiger partial charge in [0, 0.05) is 18.2 Å². The highest BCUT2D eigenvalue weighted by atomic mass is 16.5. The fourth-order valence-electron chi connectivity index (χ4n) is 4.64. The number of carboxylic acids is 1. The fraction of sp³-hybridized carbons (Fsp3) is 0.0625. The Morgan fingerprint density at radius 1 is 0.842 bits per heavy atom. The van der Waals surface area contributed by atoms with Gasteiger partial charge in [0.2, 0.25) is 5.88 Å². The Bertz CT molecular complexity index is 1460. The molecule has 0 fully saturated rings. The van der Waals surface area contributed by atoms with E-state index >= 15 is 0 Å². The minimum absolute atomic E-state index is 0.0798. The second kappa shape index (κ2) is 11.5. The van der Waals surface area contributed by atoms with E-state index in [0.29, 0.717) is 18.0 Å². The van der Waals surface area contributed by atoms with Crippen LogP contribution in [0.1, 0.15) is 12.5 Å². The van der Waals surface area contributed by atoms with Crippen molar-refractivity contribution in [2.75, 3.05) is 11.4 Å². The summed E-state index contributed by atoms with van der Waals surface area (Å²) in [5, 5.41) is 10.2. The van der Waals surface area contributed by atoms with E-state index in [9.17, 15) is 9.90 Å². The second-order valence-electron chi connectivity index (χ2n) is 8.79. The lowest BCUT2D eigenvalue weighted by Crippen LogP contribution is -2.49. The van der Waals surface area contributed by atoms with Crippen molar-refractivity contribution in [1.82, 2.24) is 0 Å². The largest absolute Gasteiger partial charge is 0.477 e. The Hall–Kier alpha value is -4.84. The zero-order valence-electron chi connectivity index (χ0n) is 21.1. The van der Waals surface area contributed by atoms with Gasteiger partial charge in [-0.05, 0) is 30.7 Å². The van der Waals surface area contributed by atoms with Crippen molar-refractivity contribution in [3.8, 4) is 5.75 Å². The number of para-hydroxylation sites is 2. The van der Waals surface area contributed by atoms with Crippen LogP contribution in [-0.4, -0.2) is 29.9 Å². The second-order valence-corrected chi connectivity index (χ2v) is 8.79. The molecule has 1 aliphatic rings. The highest BCUT2D eigenvalue weighted by Crippen LogP contribution is 2.38. The number of hydrogen-bond donors (Lipinski definition) is 1. The van der Waals surface area contributed by atoms with Crippen molar-refractivity contribution in [2.24, 2.45) is 4.99 Å². The third-order valence-corrected chi connectivity index (χ3v) is 6.41. The van der Waals surface area contributed by atoms with Crippen molar-refractivity contribution in [3.63, 3.8) is 0 Å². The average molecular weight is 498 g/mol. The van der Waals surface area contributed by atoms with Gasteiger partial charge >= 0.3 is 5.97 Å². The molecule has 5 rings (SSSR count). The first-order valence-electron chi connectivity index (χ1n) is 12.6. The molecule has 0 saturated carbocycles. The van der Waals surface area contributed by atoms with E-state index in [1.807, 2.05) is 127 Å². The molecule has 186 valence electrons. The number of carboxylic acid groups (broad SMARTS) is 1. The maximum Gasteiger partial charge on any atom is 0.354 e. The molecule has 0 atom stereocenters. The van der Waals surface area contributed by atoms with Gasteiger partial charge in [-0.2, -0.15) is 0 Å². The smallest absolute Gasteiger partial charge is 0.354 e. The molecule has 1 N–H and O–H groups in total. The van der Waals surface area contributed by atoms with Gasteiger partial charge in [0.15, 0.2) is 5.75 Å². The number of ether oxygens (including phenoxy) is 1. The van der Waals surface area contributed by atoms with Crippen molar-refractivity contribution >= 4 is 34.9 Å². The van der Waals surface area contributed by atoms with E-state index in [1.165, 1.54) is 6.08 Å². The SMILES string of the molecule is CCN1/C(=C/C=C(\N=C(\B(c2ccccc2)c2ccccc2)c2ccccc2)C(=O)O)Oc2ccccc21. The molecule has 0 spiro atoms. The van der Waals surface area contributed by atoms with Gasteiger partial charge in [0.25, 0.3) is 6.71 Å². The molecule has 0 amide bonds. The molecular formula is C32H27BN2O3. The van der Waals surface area contributed by atoms with Crippen LogP contribution in [-0.2, 0) is 4.79 Å². The summed E-state index contributed by atoms with van der Waals surface area (Å²) in [6.07, 6.45) is 3.20. The molecule has 0 aliphatic carbocycles. The summed E-state index contributed by atoms with van der Waals surface area (Å²) in [7, 11) is 0. The van der Waals surface area contributed by atoms with E-state index in [0.717, 1.165) is 27.9 Å². The number of allylic oxidation sites excluding steroid dienone is 2. The number of anilines is 1. The topological polar surface area (TPSA) is 62.1 Å². The number of aliphatic imine (C=N–C) groups is 1. The van der Waals surface area contributed by atoms with Crippen LogP contribution in [0.4, 0.5) is 5.69 Å².